The van der Waals surface area contributed by atoms with Crippen LogP contribution in [-0.4, -0.2) is 101 Å². The van der Waals surface area contributed by atoms with Gasteiger partial charge in [0, 0.05) is 126 Å². The van der Waals surface area contributed by atoms with E-state index in [1.807, 2.05) is 50.2 Å². The number of carbonyl (C=O) groups is 12. The van der Waals surface area contributed by atoms with Crippen LogP contribution in [0.1, 0.15) is 135 Å². The van der Waals surface area contributed by atoms with Crippen LogP contribution in [0.25, 0.3) is 11.1 Å². The number of primary amides is 3. The quantitative estimate of drug-likeness (QED) is 0.0260. The van der Waals surface area contributed by atoms with Gasteiger partial charge in [-0.1, -0.05) is 151 Å². The third-order valence-electron chi connectivity index (χ3n) is 15.7. The molecule has 30 heteroatoms. The molecule has 1 heterocycles. The minimum Gasteiger partial charge on any atom is -0.370 e. The Hall–Kier alpha value is -11.3. The summed E-state index contributed by atoms with van der Waals surface area (Å²) in [6, 6.07) is 59.1. The summed E-state index contributed by atoms with van der Waals surface area (Å²) in [7, 11) is -3.76. The van der Waals surface area contributed by atoms with E-state index in [-0.39, 0.29) is 99.5 Å². The van der Waals surface area contributed by atoms with E-state index in [0.29, 0.717) is 85.3 Å². The van der Waals surface area contributed by atoms with E-state index in [0.717, 1.165) is 63.7 Å². The molecule has 10 aromatic rings. The van der Waals surface area contributed by atoms with Crippen molar-refractivity contribution in [3.63, 3.8) is 0 Å². The van der Waals surface area contributed by atoms with Crippen LogP contribution < -0.4 is 43.6 Å². The molecule has 12 N–H and O–H groups in total. The number of primary sulfonamides is 1. The second kappa shape index (κ2) is 40.7. The molecule has 7 amide bonds. The number of pyridine rings is 1. The molecule has 0 saturated carbocycles. The zero-order valence-electron chi connectivity index (χ0n) is 58.6. The molecule has 0 fully saturated rings. The molecule has 0 atom stereocenters. The summed E-state index contributed by atoms with van der Waals surface area (Å²) in [6.07, 6.45) is 3.13. The molecule has 0 bridgehead atoms. The zero-order chi connectivity index (χ0) is 79.6. The Labute approximate surface area is 659 Å². The number of thioether (sulfide) groups is 4. The number of fused-ring (bicyclic) bond motifs is 3. The number of aromatic nitrogens is 1. The number of aryl methyl sites for hydroxylation is 2. The van der Waals surface area contributed by atoms with Gasteiger partial charge in [0.15, 0.2) is 5.78 Å². The number of carbonyl (C=O) groups excluding carboxylic acids is 12. The molecule has 9 aromatic carbocycles. The minimum atomic E-state index is -3.76. The highest BCUT2D eigenvalue weighted by Gasteiger charge is 2.31. The number of amides is 7. The van der Waals surface area contributed by atoms with Crippen molar-refractivity contribution in [3.05, 3.63) is 307 Å². The van der Waals surface area contributed by atoms with Crippen LogP contribution in [0, 0.1) is 13.8 Å². The van der Waals surface area contributed by atoms with Crippen LogP contribution in [-0.2, 0) is 31.0 Å². The van der Waals surface area contributed by atoms with Crippen molar-refractivity contribution in [2.45, 2.75) is 64.1 Å². The number of nitrogens with one attached hydrogen (secondary N) is 4. The van der Waals surface area contributed by atoms with Gasteiger partial charge in [-0.15, -0.1) is 0 Å². The number of hydrogen-bond acceptors (Lipinski definition) is 19. The first-order chi connectivity index (χ1) is 52.6. The van der Waals surface area contributed by atoms with Crippen molar-refractivity contribution in [3.8, 4) is 11.1 Å². The van der Waals surface area contributed by atoms with E-state index < -0.39 is 39.6 Å². The van der Waals surface area contributed by atoms with E-state index in [1.54, 1.807) is 152 Å². The molecule has 1 aliphatic rings. The molecule has 0 spiro atoms. The first-order valence-corrected chi connectivity index (χ1v) is 38.7. The summed E-state index contributed by atoms with van der Waals surface area (Å²) in [5.74, 6) is -3.17. The molecule has 23 nitrogen and oxygen atoms in total. The van der Waals surface area contributed by atoms with Crippen LogP contribution in [0.5, 0.6) is 0 Å². The highest BCUT2D eigenvalue weighted by molar-refractivity contribution is 8.15. The van der Waals surface area contributed by atoms with Crippen LogP contribution in [0.3, 0.4) is 0 Å². The van der Waals surface area contributed by atoms with Crippen LogP contribution >= 0.6 is 70.2 Å². The lowest BCUT2D eigenvalue weighted by Crippen LogP contribution is -2.28. The number of nitrogens with zero attached hydrogens (tertiary/aromatic N) is 1. The van der Waals surface area contributed by atoms with E-state index in [4.69, 9.17) is 45.5 Å². The molecule has 0 unspecified atom stereocenters. The van der Waals surface area contributed by atoms with Gasteiger partial charge in [-0.2, -0.15) is 0 Å². The number of ketones is 1. The monoisotopic (exact) mass is 1610 g/mol. The Morgan fingerprint density at radius 2 is 0.873 bits per heavy atom. The summed E-state index contributed by atoms with van der Waals surface area (Å²) in [6.45, 7) is 4.28. The maximum atomic E-state index is 13.3. The first kappa shape index (κ1) is 84.3. The summed E-state index contributed by atoms with van der Waals surface area (Å²) < 4.78 is 22.6. The standard InChI is InChI=1S/C24H17ClN2O4S.C22H20N2O4S2.C18H18N2O3S.C16H14ClN3O3S/c25-13-8-9-16(23(30)27-11-10-20(26)28)19(12-13)32-24(31)18-7-3-6-17-21(18)14-4-1-2-5-15(14)22(17)29;1-15-6-2-3-7-18(15)22(26)29-20-9-5-4-8-19(20)21(25)24-14-16-10-12-17(13-11-16)30(23,27)28;1-12-6-5-9-14(17(22)20-11-10-15(19)21)16(12)24-18(23)13-7-3-2-4-8-13;17-11-3-4-13(24-16(23)10-2-1-6-19-9-10)12(8-11)15(22)20-7-5-14(18)21/h1-9,12H,10-11H2,(H2,26,28)(H,27,30);2-13H,14H2,1H3,(H,24,25)(H2,23,27,28);2-9H,10-11H2,1H3,(H2,19,21)(H,20,22);1-4,6,8-9H,5,7H2,(H2,18,21)(H,20,22). The van der Waals surface area contributed by atoms with Crippen LogP contribution in [0.15, 0.2) is 249 Å². The SMILES string of the molecule is Cc1cccc(C(=O)NCCC(N)=O)c1SC(=O)c1ccccc1.Cc1ccccc1C(=O)Sc1ccccc1C(=O)NCc1ccc(S(N)(=O)=O)cc1.NC(=O)CCNC(=O)c1cc(Cl)ccc1SC(=O)c1cccnc1.NC(=O)CCNC(=O)c1ccc(Cl)cc1SC(=O)c1cccc2c1-c1ccccc1C2=O. The Kier molecular flexibility index (Phi) is 31.2. The number of nitrogens with two attached hydrogens (primary N) is 4. The third kappa shape index (κ3) is 24.3. The fourth-order valence-corrected chi connectivity index (χ4v) is 14.8. The summed E-state index contributed by atoms with van der Waals surface area (Å²) in [5, 5.41) is 15.6. The fourth-order valence-electron chi connectivity index (χ4n) is 10.2. The molecule has 1 aromatic heterocycles. The van der Waals surface area contributed by atoms with Gasteiger partial charge < -0.3 is 38.5 Å². The molecular weight excluding hydrogens is 1540 g/mol. The highest BCUT2D eigenvalue weighted by Crippen LogP contribution is 2.42. The largest absolute Gasteiger partial charge is 0.370 e. The van der Waals surface area contributed by atoms with Crippen molar-refractivity contribution >= 4 is 148 Å². The van der Waals surface area contributed by atoms with Crippen molar-refractivity contribution < 1.29 is 66.0 Å². The van der Waals surface area contributed by atoms with Gasteiger partial charge in [-0.3, -0.25) is 62.5 Å². The van der Waals surface area contributed by atoms with Crippen molar-refractivity contribution in [1.82, 2.24) is 26.3 Å². The Balaban J connectivity index is 0.000000186. The Morgan fingerprint density at radius 1 is 0.409 bits per heavy atom. The number of sulfonamides is 1. The Morgan fingerprint density at radius 3 is 1.50 bits per heavy atom. The second-order valence-electron chi connectivity index (χ2n) is 23.6. The summed E-state index contributed by atoms with van der Waals surface area (Å²) >= 11 is 15.9. The van der Waals surface area contributed by atoms with Gasteiger partial charge in [0.05, 0.1) is 27.1 Å². The van der Waals surface area contributed by atoms with Crippen molar-refractivity contribution in [2.75, 3.05) is 19.6 Å². The number of benzene rings is 9. The topological polar surface area (TPSA) is 404 Å². The Bertz CT molecular complexity index is 5260. The van der Waals surface area contributed by atoms with E-state index in [2.05, 4.69) is 26.3 Å². The highest BCUT2D eigenvalue weighted by atomic mass is 35.5. The van der Waals surface area contributed by atoms with E-state index in [1.165, 1.54) is 36.5 Å². The lowest BCUT2D eigenvalue weighted by molar-refractivity contribution is -0.118. The number of hydrogen-bond donors (Lipinski definition) is 8. The van der Waals surface area contributed by atoms with E-state index in [9.17, 15) is 66.0 Å². The molecule has 0 aliphatic heterocycles. The number of rotatable bonds is 24. The van der Waals surface area contributed by atoms with Gasteiger partial charge in [0.2, 0.25) is 48.2 Å². The zero-order valence-corrected chi connectivity index (χ0v) is 64.2. The summed E-state index contributed by atoms with van der Waals surface area (Å²) in [4.78, 5) is 152. The van der Waals surface area contributed by atoms with Gasteiger partial charge in [-0.25, -0.2) is 13.6 Å². The molecule has 11 rings (SSSR count). The maximum absolute atomic E-state index is 13.3. The fraction of sp³-hybridized carbons (Fsp3) is 0.113. The lowest BCUT2D eigenvalue weighted by Gasteiger charge is -2.11. The van der Waals surface area contributed by atoms with Crippen molar-refractivity contribution in [1.29, 1.82) is 0 Å². The number of halogens is 2. The average molecular weight is 1610 g/mol. The molecule has 0 saturated heterocycles. The lowest BCUT2D eigenvalue weighted by atomic mass is 10.0. The second-order valence-corrected chi connectivity index (χ2v) is 30.1. The normalized spacial score (nSPS) is 10.9. The first-order valence-electron chi connectivity index (χ1n) is 33.1. The van der Waals surface area contributed by atoms with Crippen molar-refractivity contribution in [2.24, 2.45) is 22.3 Å². The van der Waals surface area contributed by atoms with Gasteiger partial charge >= 0.3 is 0 Å². The predicted octanol–water partition coefficient (Wildman–Crippen LogP) is 12.4. The molecule has 562 valence electrons. The smallest absolute Gasteiger partial charge is 0.252 e. The molecule has 1 aliphatic carbocycles. The van der Waals surface area contributed by atoms with Crippen LogP contribution in [0.4, 0.5) is 0 Å². The van der Waals surface area contributed by atoms with Gasteiger partial charge in [0.1, 0.15) is 0 Å². The molecular formula is C80H69Cl2N9O14S5. The molecule has 0 radical (unpaired) electrons. The van der Waals surface area contributed by atoms with Crippen LogP contribution in [0.2, 0.25) is 10.0 Å². The van der Waals surface area contributed by atoms with Gasteiger partial charge in [-0.05, 0) is 168 Å². The predicted molar refractivity (Wildman–Crippen MR) is 426 cm³/mol. The minimum absolute atomic E-state index is 0.00429. The maximum Gasteiger partial charge on any atom is 0.252 e. The third-order valence-corrected chi connectivity index (χ3v) is 21.2. The average Bonchev–Trinajstić information content (AvgIpc) is 1.60. The molecule has 110 heavy (non-hydrogen) atoms. The summed E-state index contributed by atoms with van der Waals surface area (Å²) in [5.41, 5.74) is 23.3. The van der Waals surface area contributed by atoms with Gasteiger partial charge in [0.25, 0.3) is 23.6 Å². The van der Waals surface area contributed by atoms with E-state index >= 15 is 0 Å².